The molecule has 2 heterocycles. The third-order valence-electron chi connectivity index (χ3n) is 3.49. The molecule has 0 amide bonds. The zero-order chi connectivity index (χ0) is 12.3. The summed E-state index contributed by atoms with van der Waals surface area (Å²) in [5, 5.41) is 13.0. The summed E-state index contributed by atoms with van der Waals surface area (Å²) in [5.74, 6) is -1.19. The molecule has 2 unspecified atom stereocenters. The molecule has 1 saturated heterocycles. The van der Waals surface area contributed by atoms with E-state index in [9.17, 15) is 9.90 Å². The second-order valence-corrected chi connectivity index (χ2v) is 5.57. The minimum atomic E-state index is -0.893. The average Bonchev–Trinajstić information content (AvgIpc) is 2.84. The number of aliphatic carboxylic acids is 1. The summed E-state index contributed by atoms with van der Waals surface area (Å²) in [4.78, 5) is 14.6. The number of carbonyl (C=O) groups is 1. The number of carbonyl (C=O) groups excluding carboxylic acids is 1. The number of rotatable bonds is 4. The fourth-order valence-electron chi connectivity index (χ4n) is 2.60. The molecule has 0 radical (unpaired) electrons. The number of thiophene rings is 1. The van der Waals surface area contributed by atoms with Crippen molar-refractivity contribution < 1.29 is 9.90 Å². The first-order valence-corrected chi connectivity index (χ1v) is 7.08. The van der Waals surface area contributed by atoms with Gasteiger partial charge in [-0.2, -0.15) is 0 Å². The lowest BCUT2D eigenvalue weighted by molar-refractivity contribution is -0.313. The zero-order valence-electron chi connectivity index (χ0n) is 10.1. The summed E-state index contributed by atoms with van der Waals surface area (Å²) in [7, 11) is 0. The molecule has 94 valence electrons. The first kappa shape index (κ1) is 12.6. The summed E-state index contributed by atoms with van der Waals surface area (Å²) in [6, 6.07) is 4.57. The lowest BCUT2D eigenvalue weighted by atomic mass is 9.96. The van der Waals surface area contributed by atoms with Gasteiger partial charge in [0.1, 0.15) is 0 Å². The molecule has 1 aliphatic rings. The van der Waals surface area contributed by atoms with Crippen LogP contribution in [0.5, 0.6) is 0 Å². The molecule has 0 bridgehead atoms. The van der Waals surface area contributed by atoms with Crippen LogP contribution in [0.4, 0.5) is 0 Å². The molecule has 0 aliphatic carbocycles. The Balaban J connectivity index is 2.07. The van der Waals surface area contributed by atoms with E-state index in [1.807, 2.05) is 0 Å². The van der Waals surface area contributed by atoms with Crippen molar-refractivity contribution in [3.8, 4) is 0 Å². The van der Waals surface area contributed by atoms with E-state index in [0.717, 1.165) is 25.8 Å². The summed E-state index contributed by atoms with van der Waals surface area (Å²) in [5.41, 5.74) is 0. The number of carboxylic acid groups (broad SMARTS) is 1. The highest BCUT2D eigenvalue weighted by Gasteiger charge is 2.26. The second-order valence-electron chi connectivity index (χ2n) is 4.59. The molecule has 17 heavy (non-hydrogen) atoms. The van der Waals surface area contributed by atoms with E-state index >= 15 is 0 Å². The standard InChI is InChI=1S/C13H19NO2S/c1-2-11(12-6-4-8-17-12)14-7-3-5-10(9-14)13(15)16/h4,6,8,10-11H,2-3,5,7,9H2,1H3,(H,15,16)/p-1. The highest BCUT2D eigenvalue weighted by Crippen LogP contribution is 2.31. The molecular formula is C13H18NO2S-. The van der Waals surface area contributed by atoms with Gasteiger partial charge in [-0.15, -0.1) is 11.3 Å². The fourth-order valence-corrected chi connectivity index (χ4v) is 3.55. The predicted molar refractivity (Wildman–Crippen MR) is 66.7 cm³/mol. The van der Waals surface area contributed by atoms with Crippen LogP contribution in [0.2, 0.25) is 0 Å². The van der Waals surface area contributed by atoms with E-state index in [1.165, 1.54) is 4.88 Å². The zero-order valence-corrected chi connectivity index (χ0v) is 10.9. The van der Waals surface area contributed by atoms with Gasteiger partial charge in [-0.1, -0.05) is 13.0 Å². The Bertz CT molecular complexity index is 364. The van der Waals surface area contributed by atoms with Gasteiger partial charge in [0.05, 0.1) is 0 Å². The van der Waals surface area contributed by atoms with Gasteiger partial charge < -0.3 is 9.90 Å². The third-order valence-corrected chi connectivity index (χ3v) is 4.46. The van der Waals surface area contributed by atoms with E-state index in [-0.39, 0.29) is 5.92 Å². The lowest BCUT2D eigenvalue weighted by Gasteiger charge is -2.38. The molecule has 0 aromatic carbocycles. The first-order valence-electron chi connectivity index (χ1n) is 6.20. The summed E-state index contributed by atoms with van der Waals surface area (Å²) in [6.45, 7) is 3.80. The summed E-state index contributed by atoms with van der Waals surface area (Å²) >= 11 is 1.75. The van der Waals surface area contributed by atoms with Crippen LogP contribution in [0, 0.1) is 5.92 Å². The molecule has 0 N–H and O–H groups in total. The van der Waals surface area contributed by atoms with Crippen LogP contribution >= 0.6 is 11.3 Å². The lowest BCUT2D eigenvalue weighted by Crippen LogP contribution is -2.44. The molecule has 2 rings (SSSR count). The molecule has 1 aliphatic heterocycles. The Hall–Kier alpha value is -0.870. The summed E-state index contributed by atoms with van der Waals surface area (Å²) in [6.07, 6.45) is 2.75. The smallest absolute Gasteiger partial charge is 0.0458 e. The van der Waals surface area contributed by atoms with Gasteiger partial charge in [0.15, 0.2) is 0 Å². The van der Waals surface area contributed by atoms with Crippen LogP contribution < -0.4 is 5.11 Å². The van der Waals surface area contributed by atoms with E-state index in [1.54, 1.807) is 11.3 Å². The van der Waals surface area contributed by atoms with E-state index in [2.05, 4.69) is 29.3 Å². The molecule has 4 heteroatoms. The Morgan fingerprint density at radius 1 is 1.71 bits per heavy atom. The van der Waals surface area contributed by atoms with Crippen LogP contribution in [0.25, 0.3) is 0 Å². The highest BCUT2D eigenvalue weighted by molar-refractivity contribution is 7.10. The predicted octanol–water partition coefficient (Wildman–Crippen LogP) is 1.66. The number of hydrogen-bond acceptors (Lipinski definition) is 4. The van der Waals surface area contributed by atoms with Gasteiger partial charge in [0.2, 0.25) is 0 Å². The van der Waals surface area contributed by atoms with Gasteiger partial charge in [0.25, 0.3) is 0 Å². The van der Waals surface area contributed by atoms with Crippen LogP contribution in [0.3, 0.4) is 0 Å². The van der Waals surface area contributed by atoms with Crippen molar-refractivity contribution in [2.75, 3.05) is 13.1 Å². The van der Waals surface area contributed by atoms with Crippen molar-refractivity contribution in [2.45, 2.75) is 32.2 Å². The minimum Gasteiger partial charge on any atom is -0.550 e. The molecule has 0 saturated carbocycles. The molecule has 0 spiro atoms. The Labute approximate surface area is 106 Å². The highest BCUT2D eigenvalue weighted by atomic mass is 32.1. The molecule has 3 nitrogen and oxygen atoms in total. The molecule has 2 atom stereocenters. The van der Waals surface area contributed by atoms with Crippen LogP contribution in [-0.4, -0.2) is 24.0 Å². The maximum atomic E-state index is 11.0. The fraction of sp³-hybridized carbons (Fsp3) is 0.615. The third kappa shape index (κ3) is 2.87. The monoisotopic (exact) mass is 252 g/mol. The average molecular weight is 252 g/mol. The topological polar surface area (TPSA) is 43.4 Å². The van der Waals surface area contributed by atoms with Gasteiger partial charge in [0, 0.05) is 29.4 Å². The Kier molecular flexibility index (Phi) is 4.18. The quantitative estimate of drug-likeness (QED) is 0.818. The number of likely N-dealkylation sites (tertiary alicyclic amines) is 1. The van der Waals surface area contributed by atoms with Crippen molar-refractivity contribution in [3.05, 3.63) is 22.4 Å². The molecule has 1 fully saturated rings. The normalized spacial score (nSPS) is 23.5. The van der Waals surface area contributed by atoms with Crippen LogP contribution in [0.15, 0.2) is 17.5 Å². The Morgan fingerprint density at radius 3 is 3.12 bits per heavy atom. The molecule has 1 aromatic heterocycles. The SMILES string of the molecule is CCC(c1cccs1)N1CCCC(C(=O)[O-])C1. The van der Waals surface area contributed by atoms with E-state index in [0.29, 0.717) is 12.6 Å². The van der Waals surface area contributed by atoms with E-state index in [4.69, 9.17) is 0 Å². The van der Waals surface area contributed by atoms with Crippen LogP contribution in [0.1, 0.15) is 37.1 Å². The number of piperidine rings is 1. The number of carboxylic acids is 1. The number of hydrogen-bond donors (Lipinski definition) is 0. The molecular weight excluding hydrogens is 234 g/mol. The van der Waals surface area contributed by atoms with Gasteiger partial charge in [-0.05, 0) is 37.3 Å². The first-order chi connectivity index (χ1) is 8.22. The van der Waals surface area contributed by atoms with Crippen molar-refractivity contribution in [1.82, 2.24) is 4.90 Å². The Morgan fingerprint density at radius 2 is 2.53 bits per heavy atom. The van der Waals surface area contributed by atoms with Crippen molar-refractivity contribution >= 4 is 17.3 Å². The van der Waals surface area contributed by atoms with Crippen LogP contribution in [-0.2, 0) is 4.79 Å². The van der Waals surface area contributed by atoms with Crippen molar-refractivity contribution in [3.63, 3.8) is 0 Å². The van der Waals surface area contributed by atoms with E-state index < -0.39 is 5.97 Å². The number of nitrogens with zero attached hydrogens (tertiary/aromatic N) is 1. The van der Waals surface area contributed by atoms with Gasteiger partial charge >= 0.3 is 0 Å². The second kappa shape index (κ2) is 5.65. The largest absolute Gasteiger partial charge is 0.550 e. The van der Waals surface area contributed by atoms with Gasteiger partial charge in [-0.3, -0.25) is 4.90 Å². The summed E-state index contributed by atoms with van der Waals surface area (Å²) < 4.78 is 0. The maximum Gasteiger partial charge on any atom is 0.0458 e. The maximum absolute atomic E-state index is 11.0. The molecule has 1 aromatic rings. The van der Waals surface area contributed by atoms with Crippen molar-refractivity contribution in [2.24, 2.45) is 5.92 Å². The minimum absolute atomic E-state index is 0.294. The van der Waals surface area contributed by atoms with Crippen molar-refractivity contribution in [1.29, 1.82) is 0 Å². The van der Waals surface area contributed by atoms with Gasteiger partial charge in [-0.25, -0.2) is 0 Å².